The highest BCUT2D eigenvalue weighted by Crippen LogP contribution is 2.33. The van der Waals surface area contributed by atoms with E-state index in [-0.39, 0.29) is 0 Å². The van der Waals surface area contributed by atoms with Gasteiger partial charge in [0.05, 0.1) is 11.3 Å². The molecule has 1 N–H and O–H groups in total. The third-order valence-corrected chi connectivity index (χ3v) is 3.18. The van der Waals surface area contributed by atoms with Crippen molar-refractivity contribution in [1.82, 2.24) is 0 Å². The number of nitrogens with one attached hydrogen (secondary N) is 1. The maximum atomic E-state index is 9.01. The van der Waals surface area contributed by atoms with E-state index in [1.54, 1.807) is 0 Å². The molecule has 2 nitrogen and oxygen atoms in total. The molecule has 0 spiro atoms. The summed E-state index contributed by atoms with van der Waals surface area (Å²) in [5.74, 6) is 0.995. The maximum absolute atomic E-state index is 9.01. The van der Waals surface area contributed by atoms with Gasteiger partial charge in [-0.2, -0.15) is 5.26 Å². The van der Waals surface area contributed by atoms with E-state index in [1.807, 2.05) is 25.1 Å². The number of nitrogens with zero attached hydrogens (tertiary/aromatic N) is 1. The summed E-state index contributed by atoms with van der Waals surface area (Å²) in [6.07, 6.45) is 5.40. The zero-order valence-electron chi connectivity index (χ0n) is 9.79. The molecule has 1 fully saturated rings. The Hall–Kier alpha value is -1.49. The van der Waals surface area contributed by atoms with E-state index in [0.29, 0.717) is 0 Å². The van der Waals surface area contributed by atoms with Gasteiger partial charge < -0.3 is 5.32 Å². The van der Waals surface area contributed by atoms with Crippen molar-refractivity contribution in [3.63, 3.8) is 0 Å². The summed E-state index contributed by atoms with van der Waals surface area (Å²) in [7, 11) is 0. The summed E-state index contributed by atoms with van der Waals surface area (Å²) < 4.78 is 0. The molecule has 0 aliphatic heterocycles. The number of hydrogen-bond donors (Lipinski definition) is 1. The Morgan fingerprint density at radius 2 is 2.25 bits per heavy atom. The van der Waals surface area contributed by atoms with Gasteiger partial charge in [-0.3, -0.25) is 0 Å². The molecule has 0 amide bonds. The van der Waals surface area contributed by atoms with Gasteiger partial charge in [-0.25, -0.2) is 0 Å². The Bertz CT molecular complexity index is 400. The number of para-hydroxylation sites is 1. The fourth-order valence-corrected chi connectivity index (χ4v) is 2.01. The molecule has 0 saturated heterocycles. The topological polar surface area (TPSA) is 35.8 Å². The predicted molar refractivity (Wildman–Crippen MR) is 66.3 cm³/mol. The van der Waals surface area contributed by atoms with Crippen LogP contribution in [-0.4, -0.2) is 6.54 Å². The van der Waals surface area contributed by atoms with Crippen LogP contribution in [-0.2, 0) is 0 Å². The monoisotopic (exact) mass is 214 g/mol. The van der Waals surface area contributed by atoms with Crippen molar-refractivity contribution >= 4 is 5.69 Å². The van der Waals surface area contributed by atoms with Gasteiger partial charge in [0.25, 0.3) is 0 Å². The average molecular weight is 214 g/mol. The van der Waals surface area contributed by atoms with Gasteiger partial charge in [0, 0.05) is 6.54 Å². The second kappa shape index (κ2) is 5.03. The zero-order chi connectivity index (χ0) is 11.4. The van der Waals surface area contributed by atoms with Crippen LogP contribution in [0.5, 0.6) is 0 Å². The second-order valence-electron chi connectivity index (χ2n) is 4.62. The highest BCUT2D eigenvalue weighted by Gasteiger charge is 2.19. The molecule has 1 saturated carbocycles. The average Bonchev–Trinajstić information content (AvgIpc) is 3.09. The Morgan fingerprint density at radius 3 is 2.94 bits per heavy atom. The van der Waals surface area contributed by atoms with Gasteiger partial charge in [0.2, 0.25) is 0 Å². The summed E-state index contributed by atoms with van der Waals surface area (Å²) in [5, 5.41) is 12.4. The minimum Gasteiger partial charge on any atom is -0.384 e. The highest BCUT2D eigenvalue weighted by atomic mass is 14.9. The SMILES string of the molecule is Cc1cccc(C#N)c1NCCCC1CC1. The molecule has 1 aromatic rings. The molecule has 0 heterocycles. The molecule has 84 valence electrons. The second-order valence-corrected chi connectivity index (χ2v) is 4.62. The molecule has 1 aromatic carbocycles. The van der Waals surface area contributed by atoms with Gasteiger partial charge in [-0.1, -0.05) is 25.0 Å². The van der Waals surface area contributed by atoms with Crippen molar-refractivity contribution in [2.45, 2.75) is 32.6 Å². The summed E-state index contributed by atoms with van der Waals surface area (Å²) in [6, 6.07) is 8.09. The first-order valence-electron chi connectivity index (χ1n) is 6.05. The fourth-order valence-electron chi connectivity index (χ4n) is 2.01. The molecule has 1 aliphatic carbocycles. The minimum absolute atomic E-state index is 0.756. The summed E-state index contributed by atoms with van der Waals surface area (Å²) in [6.45, 7) is 3.03. The van der Waals surface area contributed by atoms with Crippen LogP contribution in [0.15, 0.2) is 18.2 Å². The standard InChI is InChI=1S/C14H18N2/c1-11-4-2-6-13(10-15)14(11)16-9-3-5-12-7-8-12/h2,4,6,12,16H,3,5,7-9H2,1H3. The molecule has 16 heavy (non-hydrogen) atoms. The van der Waals surface area contributed by atoms with Crippen LogP contribution >= 0.6 is 0 Å². The molecule has 0 bridgehead atoms. The third-order valence-electron chi connectivity index (χ3n) is 3.18. The quantitative estimate of drug-likeness (QED) is 0.762. The third kappa shape index (κ3) is 2.76. The van der Waals surface area contributed by atoms with Crippen molar-refractivity contribution in [2.24, 2.45) is 5.92 Å². The van der Waals surface area contributed by atoms with Crippen LogP contribution in [0.25, 0.3) is 0 Å². The van der Waals surface area contributed by atoms with E-state index < -0.39 is 0 Å². The Balaban J connectivity index is 1.89. The lowest BCUT2D eigenvalue weighted by Crippen LogP contribution is -2.05. The van der Waals surface area contributed by atoms with Crippen LogP contribution in [0.3, 0.4) is 0 Å². The van der Waals surface area contributed by atoms with Crippen molar-refractivity contribution in [3.05, 3.63) is 29.3 Å². The normalized spacial score (nSPS) is 14.5. The molecule has 0 aromatic heterocycles. The van der Waals surface area contributed by atoms with Crippen LogP contribution in [0, 0.1) is 24.2 Å². The Morgan fingerprint density at radius 1 is 1.44 bits per heavy atom. The van der Waals surface area contributed by atoms with E-state index >= 15 is 0 Å². The van der Waals surface area contributed by atoms with Crippen LogP contribution in [0.2, 0.25) is 0 Å². The largest absolute Gasteiger partial charge is 0.384 e. The number of hydrogen-bond acceptors (Lipinski definition) is 2. The van der Waals surface area contributed by atoms with E-state index in [2.05, 4.69) is 11.4 Å². The lowest BCUT2D eigenvalue weighted by molar-refractivity contribution is 0.687. The summed E-state index contributed by atoms with van der Waals surface area (Å²) in [4.78, 5) is 0. The first-order chi connectivity index (χ1) is 7.81. The first kappa shape index (κ1) is 11.0. The van der Waals surface area contributed by atoms with E-state index in [4.69, 9.17) is 5.26 Å². The molecule has 2 rings (SSSR count). The molecular weight excluding hydrogens is 196 g/mol. The lowest BCUT2D eigenvalue weighted by atomic mass is 10.1. The Kier molecular flexibility index (Phi) is 3.46. The van der Waals surface area contributed by atoms with Crippen molar-refractivity contribution < 1.29 is 0 Å². The van der Waals surface area contributed by atoms with Gasteiger partial charge in [0.1, 0.15) is 6.07 Å². The van der Waals surface area contributed by atoms with E-state index in [1.165, 1.54) is 25.7 Å². The van der Waals surface area contributed by atoms with Crippen molar-refractivity contribution in [1.29, 1.82) is 5.26 Å². The number of aryl methyl sites for hydroxylation is 1. The van der Waals surface area contributed by atoms with Crippen molar-refractivity contribution in [3.8, 4) is 6.07 Å². The van der Waals surface area contributed by atoms with Gasteiger partial charge >= 0.3 is 0 Å². The molecule has 0 unspecified atom stereocenters. The summed E-state index contributed by atoms with van der Waals surface area (Å²) in [5.41, 5.74) is 2.93. The molecule has 1 aliphatic rings. The van der Waals surface area contributed by atoms with Gasteiger partial charge in [0.15, 0.2) is 0 Å². The first-order valence-corrected chi connectivity index (χ1v) is 6.05. The number of benzene rings is 1. The fraction of sp³-hybridized carbons (Fsp3) is 0.500. The minimum atomic E-state index is 0.756. The lowest BCUT2D eigenvalue weighted by Gasteiger charge is -2.10. The van der Waals surface area contributed by atoms with E-state index in [0.717, 1.165) is 29.3 Å². The number of anilines is 1. The van der Waals surface area contributed by atoms with Crippen LogP contribution in [0.4, 0.5) is 5.69 Å². The summed E-state index contributed by atoms with van der Waals surface area (Å²) >= 11 is 0. The molecule has 0 radical (unpaired) electrons. The zero-order valence-corrected chi connectivity index (χ0v) is 9.79. The van der Waals surface area contributed by atoms with Gasteiger partial charge in [-0.15, -0.1) is 0 Å². The Labute approximate surface area is 97.3 Å². The highest BCUT2D eigenvalue weighted by molar-refractivity contribution is 5.62. The smallest absolute Gasteiger partial charge is 0.101 e. The molecular formula is C14H18N2. The van der Waals surface area contributed by atoms with Crippen LogP contribution < -0.4 is 5.32 Å². The van der Waals surface area contributed by atoms with E-state index in [9.17, 15) is 0 Å². The van der Waals surface area contributed by atoms with Crippen LogP contribution in [0.1, 0.15) is 36.8 Å². The van der Waals surface area contributed by atoms with Gasteiger partial charge in [-0.05, 0) is 37.3 Å². The van der Waals surface area contributed by atoms with Crippen molar-refractivity contribution in [2.75, 3.05) is 11.9 Å². The molecule has 0 atom stereocenters. The number of nitriles is 1. The molecule has 2 heteroatoms. The maximum Gasteiger partial charge on any atom is 0.101 e. The number of rotatable bonds is 5. The predicted octanol–water partition coefficient (Wildman–Crippen LogP) is 3.47.